The summed E-state index contributed by atoms with van der Waals surface area (Å²) in [5, 5.41) is 15.9. The van der Waals surface area contributed by atoms with Crippen LogP contribution in [0.4, 0.5) is 0 Å². The summed E-state index contributed by atoms with van der Waals surface area (Å²) in [7, 11) is 0. The van der Waals surface area contributed by atoms with Gasteiger partial charge in [-0.25, -0.2) is 9.78 Å². The average molecular weight is 279 g/mol. The Hall–Kier alpha value is -3.13. The van der Waals surface area contributed by atoms with E-state index in [1.807, 2.05) is 6.92 Å². The maximum atomic E-state index is 11.0. The van der Waals surface area contributed by atoms with Crippen LogP contribution in [-0.2, 0) is 0 Å². The van der Waals surface area contributed by atoms with Crippen molar-refractivity contribution in [3.63, 3.8) is 0 Å². The number of carbonyl (C=O) groups is 1. The molecule has 0 spiro atoms. The van der Waals surface area contributed by atoms with E-state index in [0.29, 0.717) is 17.1 Å². The fourth-order valence-electron chi connectivity index (χ4n) is 1.65. The van der Waals surface area contributed by atoms with Gasteiger partial charge in [-0.3, -0.25) is 0 Å². The molecule has 2 aromatic rings. The van der Waals surface area contributed by atoms with Gasteiger partial charge in [-0.1, -0.05) is 12.0 Å². The van der Waals surface area contributed by atoms with Gasteiger partial charge in [-0.05, 0) is 42.7 Å². The van der Waals surface area contributed by atoms with Gasteiger partial charge in [-0.2, -0.15) is 0 Å². The second kappa shape index (κ2) is 6.35. The van der Waals surface area contributed by atoms with Crippen LogP contribution in [0, 0.1) is 24.2 Å². The third kappa shape index (κ3) is 3.67. The Morgan fingerprint density at radius 3 is 2.95 bits per heavy atom. The summed E-state index contributed by atoms with van der Waals surface area (Å²) in [6.07, 6.45) is 5.96. The fraction of sp³-hybridized carbons (Fsp3) is 0.0625. The number of aromatic nitrogens is 2. The summed E-state index contributed by atoms with van der Waals surface area (Å²) in [4.78, 5) is 18.0. The number of imidazole rings is 1. The number of carboxylic acids is 1. The molecule has 0 radical (unpaired) electrons. The van der Waals surface area contributed by atoms with Crippen molar-refractivity contribution in [2.24, 2.45) is 0 Å². The molecule has 104 valence electrons. The van der Waals surface area contributed by atoms with E-state index in [4.69, 9.17) is 10.5 Å². The van der Waals surface area contributed by atoms with E-state index in [1.54, 1.807) is 36.5 Å². The normalized spacial score (nSPS) is 10.1. The average Bonchev–Trinajstić information content (AvgIpc) is 2.92. The molecule has 1 heterocycles. The minimum atomic E-state index is -0.973. The van der Waals surface area contributed by atoms with Crippen LogP contribution in [0.25, 0.3) is 6.08 Å². The van der Waals surface area contributed by atoms with E-state index in [1.165, 1.54) is 0 Å². The summed E-state index contributed by atoms with van der Waals surface area (Å²) in [6.45, 7) is 1.88. The topological polar surface area (TPSA) is 89.8 Å². The Kier molecular flexibility index (Phi) is 4.32. The number of benzene rings is 1. The first-order valence-corrected chi connectivity index (χ1v) is 6.18. The van der Waals surface area contributed by atoms with E-state index < -0.39 is 5.97 Å². The Morgan fingerprint density at radius 1 is 1.43 bits per heavy atom. The number of aryl methyl sites for hydroxylation is 1. The first-order chi connectivity index (χ1) is 10.1. The highest BCUT2D eigenvalue weighted by atomic mass is 16.4. The number of carboxylic acid groups (broad SMARTS) is 1. The van der Waals surface area contributed by atoms with E-state index in [-0.39, 0.29) is 5.56 Å². The number of nitrogens with one attached hydrogen (secondary N) is 2. The zero-order valence-corrected chi connectivity index (χ0v) is 11.3. The number of hydrogen-bond donors (Lipinski definition) is 3. The highest BCUT2D eigenvalue weighted by Crippen LogP contribution is 2.10. The van der Waals surface area contributed by atoms with Crippen LogP contribution in [0.2, 0.25) is 0 Å². The molecule has 3 N–H and O–H groups in total. The fourth-order valence-corrected chi connectivity index (χ4v) is 1.65. The quantitative estimate of drug-likeness (QED) is 0.595. The molecule has 0 unspecified atom stereocenters. The van der Waals surface area contributed by atoms with Gasteiger partial charge in [0.2, 0.25) is 0 Å². The van der Waals surface area contributed by atoms with E-state index >= 15 is 0 Å². The molecule has 0 atom stereocenters. The molecule has 0 saturated carbocycles. The second-order valence-electron chi connectivity index (χ2n) is 4.29. The molecule has 0 fully saturated rings. The number of aromatic carboxylic acids is 1. The van der Waals surface area contributed by atoms with Crippen molar-refractivity contribution in [3.05, 3.63) is 58.7 Å². The van der Waals surface area contributed by atoms with Crippen molar-refractivity contribution in [2.75, 3.05) is 0 Å². The lowest BCUT2D eigenvalue weighted by Crippen LogP contribution is -1.97. The van der Waals surface area contributed by atoms with Crippen LogP contribution >= 0.6 is 0 Å². The van der Waals surface area contributed by atoms with Crippen LogP contribution in [0.5, 0.6) is 0 Å². The lowest BCUT2D eigenvalue weighted by atomic mass is 10.1. The summed E-state index contributed by atoms with van der Waals surface area (Å²) in [5.74, 6) is 5.49. The van der Waals surface area contributed by atoms with Gasteiger partial charge in [0.25, 0.3) is 0 Å². The third-order valence-corrected chi connectivity index (χ3v) is 2.76. The molecule has 0 amide bonds. The summed E-state index contributed by atoms with van der Waals surface area (Å²) >= 11 is 0. The molecule has 21 heavy (non-hydrogen) atoms. The van der Waals surface area contributed by atoms with Crippen molar-refractivity contribution >= 4 is 18.3 Å². The molecular weight excluding hydrogens is 266 g/mol. The molecular formula is C16H13N3O2. The Balaban J connectivity index is 2.28. The molecule has 2 rings (SSSR count). The highest BCUT2D eigenvalue weighted by molar-refractivity contribution is 5.88. The van der Waals surface area contributed by atoms with Gasteiger partial charge in [0.05, 0.1) is 11.8 Å². The molecule has 0 bridgehead atoms. The molecule has 5 heteroatoms. The lowest BCUT2D eigenvalue weighted by Gasteiger charge is -1.99. The third-order valence-electron chi connectivity index (χ3n) is 2.76. The largest absolute Gasteiger partial charge is 0.478 e. The number of nitrogens with zero attached hydrogens (tertiary/aromatic N) is 1. The highest BCUT2D eigenvalue weighted by Gasteiger charge is 2.04. The Labute approximate surface area is 121 Å². The number of hydrogen-bond acceptors (Lipinski definition) is 3. The minimum Gasteiger partial charge on any atom is -0.478 e. The van der Waals surface area contributed by atoms with E-state index in [0.717, 1.165) is 11.8 Å². The maximum absolute atomic E-state index is 11.0. The summed E-state index contributed by atoms with van der Waals surface area (Å²) in [6, 6.07) is 4.84. The first kappa shape index (κ1) is 14.3. The van der Waals surface area contributed by atoms with Crippen molar-refractivity contribution in [2.45, 2.75) is 6.92 Å². The second-order valence-corrected chi connectivity index (χ2v) is 4.29. The molecule has 1 aromatic heterocycles. The van der Waals surface area contributed by atoms with Gasteiger partial charge in [0.15, 0.2) is 0 Å². The number of H-pyrrole nitrogens is 1. The van der Waals surface area contributed by atoms with Crippen LogP contribution in [-0.4, -0.2) is 27.3 Å². The molecule has 0 aliphatic heterocycles. The van der Waals surface area contributed by atoms with Gasteiger partial charge in [0.1, 0.15) is 11.5 Å². The van der Waals surface area contributed by atoms with Crippen molar-refractivity contribution in [3.8, 4) is 11.8 Å². The standard InChI is InChI=1S/C16H13N3O2/c1-11-4-5-13(16(20)21)9-12(11)6-7-14-10-18-15(19-14)3-2-8-17/h2-5,8-10,17H,1H3,(H,18,19)(H,20,21)/b3-2-,17-8?. The molecule has 1 aromatic carbocycles. The van der Waals surface area contributed by atoms with Crippen LogP contribution in [0.15, 0.2) is 30.5 Å². The molecule has 0 saturated heterocycles. The number of allylic oxidation sites excluding steroid dienone is 1. The first-order valence-electron chi connectivity index (χ1n) is 6.18. The maximum Gasteiger partial charge on any atom is 0.335 e. The number of aromatic amines is 1. The van der Waals surface area contributed by atoms with Crippen molar-refractivity contribution in [1.82, 2.24) is 9.97 Å². The Bertz CT molecular complexity index is 776. The zero-order valence-electron chi connectivity index (χ0n) is 11.3. The monoisotopic (exact) mass is 279 g/mol. The van der Waals surface area contributed by atoms with Crippen molar-refractivity contribution in [1.29, 1.82) is 5.41 Å². The van der Waals surface area contributed by atoms with Gasteiger partial charge in [-0.15, -0.1) is 0 Å². The number of rotatable bonds is 3. The SMILES string of the molecule is Cc1ccc(C(=O)O)cc1C#Cc1cnc(/C=C\C=N)[nH]1. The smallest absolute Gasteiger partial charge is 0.335 e. The van der Waals surface area contributed by atoms with E-state index in [9.17, 15) is 4.79 Å². The van der Waals surface area contributed by atoms with Gasteiger partial charge in [0, 0.05) is 11.8 Å². The van der Waals surface area contributed by atoms with Crippen LogP contribution in [0.3, 0.4) is 0 Å². The van der Waals surface area contributed by atoms with Crippen molar-refractivity contribution < 1.29 is 9.90 Å². The van der Waals surface area contributed by atoms with Gasteiger partial charge >= 0.3 is 5.97 Å². The summed E-state index contributed by atoms with van der Waals surface area (Å²) in [5.41, 5.74) is 2.42. The molecule has 5 nitrogen and oxygen atoms in total. The molecule has 0 aliphatic carbocycles. The predicted octanol–water partition coefficient (Wildman–Crippen LogP) is 2.48. The summed E-state index contributed by atoms with van der Waals surface area (Å²) < 4.78 is 0. The predicted molar refractivity (Wildman–Crippen MR) is 80.5 cm³/mol. The van der Waals surface area contributed by atoms with E-state index in [2.05, 4.69) is 21.8 Å². The Morgan fingerprint density at radius 2 is 2.24 bits per heavy atom. The lowest BCUT2D eigenvalue weighted by molar-refractivity contribution is 0.0697. The molecule has 0 aliphatic rings. The zero-order chi connectivity index (χ0) is 15.2. The minimum absolute atomic E-state index is 0.212. The van der Waals surface area contributed by atoms with Crippen LogP contribution in [0.1, 0.15) is 33.0 Å². The van der Waals surface area contributed by atoms with Gasteiger partial charge < -0.3 is 15.5 Å². The van der Waals surface area contributed by atoms with Crippen LogP contribution < -0.4 is 0 Å².